The first-order valence-electron chi connectivity index (χ1n) is 8.27. The third-order valence-electron chi connectivity index (χ3n) is 4.23. The van der Waals surface area contributed by atoms with E-state index >= 15 is 0 Å². The molecule has 1 aromatic heterocycles. The summed E-state index contributed by atoms with van der Waals surface area (Å²) in [5.41, 5.74) is 1.40. The number of hydrogen-bond donors (Lipinski definition) is 0. The van der Waals surface area contributed by atoms with Gasteiger partial charge in [-0.3, -0.25) is 19.5 Å². The second-order valence-corrected chi connectivity index (χ2v) is 5.77. The molecule has 0 unspecified atom stereocenters. The first-order valence-corrected chi connectivity index (χ1v) is 8.27. The highest BCUT2D eigenvalue weighted by Crippen LogP contribution is 2.41. The van der Waals surface area contributed by atoms with E-state index in [1.165, 1.54) is 56.2 Å². The van der Waals surface area contributed by atoms with E-state index in [0.717, 1.165) is 0 Å². The molecule has 2 aromatic carbocycles. The number of benzene rings is 2. The van der Waals surface area contributed by atoms with Crippen molar-refractivity contribution in [1.82, 2.24) is 4.57 Å². The largest absolute Gasteiger partial charge is 0.493 e. The molecule has 1 heterocycles. The lowest BCUT2D eigenvalue weighted by Crippen LogP contribution is -2.18. The van der Waals surface area contributed by atoms with Crippen molar-refractivity contribution < 1.29 is 19.1 Å². The number of non-ortho nitro benzene ring substituents is 1. The maximum atomic E-state index is 12.6. The van der Waals surface area contributed by atoms with Crippen LogP contribution in [0.15, 0.2) is 59.4 Å². The third-order valence-corrected chi connectivity index (χ3v) is 4.23. The Hall–Kier alpha value is -3.81. The number of hydrogen-bond acceptors (Lipinski definition) is 6. The van der Waals surface area contributed by atoms with Gasteiger partial charge in [0.2, 0.25) is 5.75 Å². The number of methoxy groups -OCH3 is 3. The minimum absolute atomic E-state index is 0.0536. The van der Waals surface area contributed by atoms with Crippen LogP contribution in [0.2, 0.25) is 0 Å². The van der Waals surface area contributed by atoms with Crippen LogP contribution in [0.4, 0.5) is 5.69 Å². The molecule has 0 N–H and O–H groups in total. The Morgan fingerprint density at radius 2 is 1.50 bits per heavy atom. The van der Waals surface area contributed by atoms with Crippen LogP contribution in [-0.2, 0) is 0 Å². The standard InChI is InChI=1S/C20H18N2O6/c1-26-17-11-13(12-18(27-2)20(17)28-3)16-5-4-6-19(23)21(16)14-7-9-15(10-8-14)22(24)25/h4-12H,1-3H3. The van der Waals surface area contributed by atoms with Gasteiger partial charge in [-0.1, -0.05) is 6.07 Å². The second kappa shape index (κ2) is 7.83. The van der Waals surface area contributed by atoms with E-state index in [-0.39, 0.29) is 11.2 Å². The summed E-state index contributed by atoms with van der Waals surface area (Å²) in [6.45, 7) is 0. The fraction of sp³-hybridized carbons (Fsp3) is 0.150. The number of aromatic nitrogens is 1. The molecule has 0 fully saturated rings. The monoisotopic (exact) mass is 382 g/mol. The van der Waals surface area contributed by atoms with E-state index in [9.17, 15) is 14.9 Å². The van der Waals surface area contributed by atoms with Crippen LogP contribution in [-0.4, -0.2) is 30.8 Å². The van der Waals surface area contributed by atoms with Crippen LogP contribution in [0.3, 0.4) is 0 Å². The van der Waals surface area contributed by atoms with Crippen molar-refractivity contribution in [3.8, 4) is 34.2 Å². The molecule has 0 aliphatic rings. The van der Waals surface area contributed by atoms with Crippen molar-refractivity contribution in [2.24, 2.45) is 0 Å². The fourth-order valence-corrected chi connectivity index (χ4v) is 2.93. The molecular formula is C20H18N2O6. The zero-order valence-corrected chi connectivity index (χ0v) is 15.5. The molecule has 0 aliphatic carbocycles. The summed E-state index contributed by atoms with van der Waals surface area (Å²) in [5.74, 6) is 1.33. The molecule has 0 saturated heterocycles. The van der Waals surface area contributed by atoms with Gasteiger partial charge in [0.15, 0.2) is 11.5 Å². The Labute approximate surface area is 160 Å². The average Bonchev–Trinajstić information content (AvgIpc) is 2.72. The summed E-state index contributed by atoms with van der Waals surface area (Å²) in [7, 11) is 4.53. The molecule has 0 atom stereocenters. The molecule has 0 radical (unpaired) electrons. The van der Waals surface area contributed by atoms with Crippen LogP contribution in [0.25, 0.3) is 16.9 Å². The van der Waals surface area contributed by atoms with Crippen LogP contribution in [0.1, 0.15) is 0 Å². The molecule has 0 bridgehead atoms. The Balaban J connectivity index is 2.23. The topological polar surface area (TPSA) is 92.8 Å². The molecule has 28 heavy (non-hydrogen) atoms. The number of ether oxygens (including phenoxy) is 3. The molecule has 8 heteroatoms. The third kappa shape index (κ3) is 3.39. The molecule has 0 spiro atoms. The Bertz CT molecular complexity index is 1050. The Kier molecular flexibility index (Phi) is 5.30. The zero-order chi connectivity index (χ0) is 20.3. The molecule has 0 saturated carbocycles. The normalized spacial score (nSPS) is 10.4. The van der Waals surface area contributed by atoms with Crippen LogP contribution < -0.4 is 19.8 Å². The van der Waals surface area contributed by atoms with Gasteiger partial charge in [-0.2, -0.15) is 0 Å². The number of nitro groups is 1. The maximum Gasteiger partial charge on any atom is 0.269 e. The highest BCUT2D eigenvalue weighted by molar-refractivity contribution is 5.70. The quantitative estimate of drug-likeness (QED) is 0.479. The maximum absolute atomic E-state index is 12.6. The number of rotatable bonds is 6. The van der Waals surface area contributed by atoms with Crippen molar-refractivity contribution in [2.45, 2.75) is 0 Å². The minimum Gasteiger partial charge on any atom is -0.493 e. The number of nitro benzene ring substituents is 1. The molecule has 0 aliphatic heterocycles. The van der Waals surface area contributed by atoms with E-state index < -0.39 is 4.92 Å². The minimum atomic E-state index is -0.488. The lowest BCUT2D eigenvalue weighted by atomic mass is 10.1. The van der Waals surface area contributed by atoms with Crippen molar-refractivity contribution in [3.63, 3.8) is 0 Å². The van der Waals surface area contributed by atoms with Gasteiger partial charge in [0.25, 0.3) is 11.2 Å². The van der Waals surface area contributed by atoms with Gasteiger partial charge in [0.1, 0.15) is 0 Å². The summed E-state index contributed by atoms with van der Waals surface area (Å²) in [6, 6.07) is 14.1. The van der Waals surface area contributed by atoms with Gasteiger partial charge in [0.05, 0.1) is 31.9 Å². The van der Waals surface area contributed by atoms with Gasteiger partial charge in [0, 0.05) is 29.4 Å². The van der Waals surface area contributed by atoms with Crippen molar-refractivity contribution >= 4 is 5.69 Å². The lowest BCUT2D eigenvalue weighted by molar-refractivity contribution is -0.384. The van der Waals surface area contributed by atoms with Gasteiger partial charge in [-0.05, 0) is 30.3 Å². The summed E-state index contributed by atoms with van der Waals surface area (Å²) in [5, 5.41) is 10.9. The first kappa shape index (κ1) is 19.0. The van der Waals surface area contributed by atoms with E-state index in [1.807, 2.05) is 0 Å². The highest BCUT2D eigenvalue weighted by Gasteiger charge is 2.17. The fourth-order valence-electron chi connectivity index (χ4n) is 2.93. The molecular weight excluding hydrogens is 364 g/mol. The Morgan fingerprint density at radius 1 is 0.893 bits per heavy atom. The molecule has 144 valence electrons. The van der Waals surface area contributed by atoms with Crippen molar-refractivity contribution in [3.05, 3.63) is 75.1 Å². The van der Waals surface area contributed by atoms with Gasteiger partial charge < -0.3 is 14.2 Å². The van der Waals surface area contributed by atoms with Crippen LogP contribution in [0, 0.1) is 10.1 Å². The van der Waals surface area contributed by atoms with Crippen molar-refractivity contribution in [2.75, 3.05) is 21.3 Å². The van der Waals surface area contributed by atoms with E-state index in [1.54, 1.807) is 24.3 Å². The van der Waals surface area contributed by atoms with Gasteiger partial charge >= 0.3 is 0 Å². The number of pyridine rings is 1. The first-order chi connectivity index (χ1) is 13.5. The van der Waals surface area contributed by atoms with Crippen LogP contribution in [0.5, 0.6) is 17.2 Å². The van der Waals surface area contributed by atoms with Crippen LogP contribution >= 0.6 is 0 Å². The zero-order valence-electron chi connectivity index (χ0n) is 15.5. The molecule has 3 aromatic rings. The summed E-state index contributed by atoms with van der Waals surface area (Å²) >= 11 is 0. The van der Waals surface area contributed by atoms with E-state index in [0.29, 0.717) is 34.2 Å². The summed E-state index contributed by atoms with van der Waals surface area (Å²) in [6.07, 6.45) is 0. The number of nitrogens with zero attached hydrogens (tertiary/aromatic N) is 2. The second-order valence-electron chi connectivity index (χ2n) is 5.77. The molecule has 3 rings (SSSR count). The average molecular weight is 382 g/mol. The molecule has 0 amide bonds. The lowest BCUT2D eigenvalue weighted by Gasteiger charge is -2.17. The van der Waals surface area contributed by atoms with E-state index in [4.69, 9.17) is 14.2 Å². The van der Waals surface area contributed by atoms with Gasteiger partial charge in [-0.15, -0.1) is 0 Å². The van der Waals surface area contributed by atoms with Crippen molar-refractivity contribution in [1.29, 1.82) is 0 Å². The SMILES string of the molecule is COc1cc(-c2cccc(=O)n2-c2ccc([N+](=O)[O-])cc2)cc(OC)c1OC. The van der Waals surface area contributed by atoms with E-state index in [2.05, 4.69) is 0 Å². The Morgan fingerprint density at radius 3 is 2.00 bits per heavy atom. The highest BCUT2D eigenvalue weighted by atomic mass is 16.6. The summed E-state index contributed by atoms with van der Waals surface area (Å²) < 4.78 is 17.6. The predicted molar refractivity (Wildman–Crippen MR) is 104 cm³/mol. The smallest absolute Gasteiger partial charge is 0.269 e. The summed E-state index contributed by atoms with van der Waals surface area (Å²) in [4.78, 5) is 23.0. The molecule has 8 nitrogen and oxygen atoms in total. The van der Waals surface area contributed by atoms with Gasteiger partial charge in [-0.25, -0.2) is 0 Å². The predicted octanol–water partition coefficient (Wildman–Crippen LogP) is 3.44.